The molecule has 0 radical (unpaired) electrons. The first-order valence-electron chi connectivity index (χ1n) is 11.6. The summed E-state index contributed by atoms with van der Waals surface area (Å²) in [7, 11) is 1.82. The number of hydrogen-bond acceptors (Lipinski definition) is 5. The summed E-state index contributed by atoms with van der Waals surface area (Å²) < 4.78 is 5.45. The lowest BCUT2D eigenvalue weighted by molar-refractivity contribution is 0.126. The molecule has 0 amide bonds. The highest BCUT2D eigenvalue weighted by Gasteiger charge is 2.17. The van der Waals surface area contributed by atoms with Gasteiger partial charge in [0.05, 0.1) is 5.69 Å². The SMILES string of the molecule is CCc1noc(CC)c1CNC(=NC)NCCCN1CCN(Cc2ccccc2)CC1. The number of rotatable bonds is 10. The van der Waals surface area contributed by atoms with Crippen LogP contribution in [0.2, 0.25) is 0 Å². The van der Waals surface area contributed by atoms with Gasteiger partial charge in [0.25, 0.3) is 0 Å². The van der Waals surface area contributed by atoms with Gasteiger partial charge in [-0.15, -0.1) is 0 Å². The molecule has 1 aliphatic heterocycles. The molecular weight excluding hydrogens is 388 g/mol. The first-order valence-corrected chi connectivity index (χ1v) is 11.6. The lowest BCUT2D eigenvalue weighted by atomic mass is 10.1. The summed E-state index contributed by atoms with van der Waals surface area (Å²) >= 11 is 0. The Kier molecular flexibility index (Phi) is 9.37. The minimum absolute atomic E-state index is 0.693. The number of aryl methyl sites for hydroxylation is 2. The monoisotopic (exact) mass is 426 g/mol. The number of nitrogens with one attached hydrogen (secondary N) is 2. The minimum atomic E-state index is 0.693. The van der Waals surface area contributed by atoms with Crippen LogP contribution in [0.3, 0.4) is 0 Å². The van der Waals surface area contributed by atoms with Crippen molar-refractivity contribution in [2.24, 2.45) is 4.99 Å². The van der Waals surface area contributed by atoms with E-state index in [2.05, 4.69) is 74.8 Å². The van der Waals surface area contributed by atoms with Crippen LogP contribution in [0.4, 0.5) is 0 Å². The van der Waals surface area contributed by atoms with Crippen LogP contribution in [0, 0.1) is 0 Å². The summed E-state index contributed by atoms with van der Waals surface area (Å²) in [5.41, 5.74) is 3.61. The van der Waals surface area contributed by atoms with Crippen LogP contribution >= 0.6 is 0 Å². The Morgan fingerprint density at radius 1 is 1.03 bits per heavy atom. The second-order valence-electron chi connectivity index (χ2n) is 8.05. The Morgan fingerprint density at radius 2 is 1.77 bits per heavy atom. The number of hydrogen-bond donors (Lipinski definition) is 2. The highest BCUT2D eigenvalue weighted by atomic mass is 16.5. The zero-order chi connectivity index (χ0) is 21.9. The maximum Gasteiger partial charge on any atom is 0.191 e. The third kappa shape index (κ3) is 7.08. The molecule has 0 saturated carbocycles. The molecule has 2 aromatic rings. The fourth-order valence-corrected chi connectivity index (χ4v) is 4.05. The summed E-state index contributed by atoms with van der Waals surface area (Å²) in [6.45, 7) is 12.6. The van der Waals surface area contributed by atoms with E-state index >= 15 is 0 Å². The van der Waals surface area contributed by atoms with Crippen LogP contribution < -0.4 is 10.6 Å². The molecule has 31 heavy (non-hydrogen) atoms. The van der Waals surface area contributed by atoms with E-state index in [4.69, 9.17) is 4.52 Å². The molecule has 0 unspecified atom stereocenters. The van der Waals surface area contributed by atoms with Crippen molar-refractivity contribution in [1.82, 2.24) is 25.6 Å². The molecule has 3 rings (SSSR count). The molecule has 2 heterocycles. The van der Waals surface area contributed by atoms with Gasteiger partial charge >= 0.3 is 0 Å². The van der Waals surface area contributed by atoms with Gasteiger partial charge in [-0.3, -0.25) is 9.89 Å². The minimum Gasteiger partial charge on any atom is -0.361 e. The molecule has 2 N–H and O–H groups in total. The fraction of sp³-hybridized carbons (Fsp3) is 0.583. The van der Waals surface area contributed by atoms with Gasteiger partial charge < -0.3 is 20.1 Å². The van der Waals surface area contributed by atoms with Crippen molar-refractivity contribution in [3.05, 3.63) is 52.9 Å². The molecule has 1 aliphatic rings. The van der Waals surface area contributed by atoms with Crippen molar-refractivity contribution in [3.63, 3.8) is 0 Å². The molecular formula is C24H38N6O. The van der Waals surface area contributed by atoms with Gasteiger partial charge in [-0.1, -0.05) is 49.3 Å². The molecule has 0 atom stereocenters. The van der Waals surface area contributed by atoms with E-state index in [0.717, 1.165) is 82.5 Å². The van der Waals surface area contributed by atoms with Crippen LogP contribution in [-0.4, -0.2) is 67.2 Å². The Labute approximate surface area is 186 Å². The molecule has 170 valence electrons. The summed E-state index contributed by atoms with van der Waals surface area (Å²) in [6, 6.07) is 10.8. The van der Waals surface area contributed by atoms with E-state index in [0.29, 0.717) is 6.54 Å². The maximum absolute atomic E-state index is 5.45. The number of nitrogens with zero attached hydrogens (tertiary/aromatic N) is 4. The number of piperazine rings is 1. The summed E-state index contributed by atoms with van der Waals surface area (Å²) in [5, 5.41) is 11.0. The van der Waals surface area contributed by atoms with E-state index < -0.39 is 0 Å². The Hall–Kier alpha value is -2.38. The standard InChI is InChI=1S/C24H38N6O/c1-4-22-21(23(5-2)31-28-22)18-27-24(25-3)26-12-9-13-29-14-16-30(17-15-29)19-20-10-7-6-8-11-20/h6-8,10-11H,4-5,9,12-19H2,1-3H3,(H2,25,26,27). The zero-order valence-corrected chi connectivity index (χ0v) is 19.4. The van der Waals surface area contributed by atoms with Gasteiger partial charge in [0.2, 0.25) is 0 Å². The number of benzene rings is 1. The lowest BCUT2D eigenvalue weighted by Crippen LogP contribution is -2.46. The van der Waals surface area contributed by atoms with Crippen LogP contribution in [-0.2, 0) is 25.9 Å². The molecule has 0 aliphatic carbocycles. The molecule has 0 spiro atoms. The van der Waals surface area contributed by atoms with Gasteiger partial charge in [-0.05, 0) is 24.9 Å². The average Bonchev–Trinajstić information content (AvgIpc) is 3.22. The smallest absolute Gasteiger partial charge is 0.191 e. The fourth-order valence-electron chi connectivity index (χ4n) is 4.05. The molecule has 1 aromatic carbocycles. The van der Waals surface area contributed by atoms with Crippen LogP contribution in [0.5, 0.6) is 0 Å². The number of aromatic nitrogens is 1. The lowest BCUT2D eigenvalue weighted by Gasteiger charge is -2.34. The summed E-state index contributed by atoms with van der Waals surface area (Å²) in [4.78, 5) is 9.47. The molecule has 7 nitrogen and oxygen atoms in total. The highest BCUT2D eigenvalue weighted by molar-refractivity contribution is 5.79. The van der Waals surface area contributed by atoms with Crippen LogP contribution in [0.15, 0.2) is 39.8 Å². The van der Waals surface area contributed by atoms with Crippen LogP contribution in [0.1, 0.15) is 42.8 Å². The maximum atomic E-state index is 5.45. The average molecular weight is 427 g/mol. The molecule has 1 fully saturated rings. The molecule has 1 aromatic heterocycles. The number of aliphatic imine (C=N–C) groups is 1. The van der Waals surface area contributed by atoms with E-state index in [-0.39, 0.29) is 0 Å². The quantitative estimate of drug-likeness (QED) is 0.346. The van der Waals surface area contributed by atoms with Gasteiger partial charge in [-0.2, -0.15) is 0 Å². The third-order valence-corrected chi connectivity index (χ3v) is 5.92. The molecule has 7 heteroatoms. The Bertz CT molecular complexity index is 774. The van der Waals surface area contributed by atoms with Crippen molar-refractivity contribution < 1.29 is 4.52 Å². The summed E-state index contributed by atoms with van der Waals surface area (Å²) in [6.07, 6.45) is 2.84. The van der Waals surface area contributed by atoms with E-state index in [1.807, 2.05) is 7.05 Å². The third-order valence-electron chi connectivity index (χ3n) is 5.92. The Balaban J connectivity index is 1.32. The van der Waals surface area contributed by atoms with Crippen molar-refractivity contribution in [3.8, 4) is 0 Å². The Morgan fingerprint density at radius 3 is 2.45 bits per heavy atom. The van der Waals surface area contributed by atoms with Crippen molar-refractivity contribution >= 4 is 5.96 Å². The van der Waals surface area contributed by atoms with E-state index in [1.54, 1.807) is 0 Å². The predicted octanol–water partition coefficient (Wildman–Crippen LogP) is 2.67. The van der Waals surface area contributed by atoms with Gasteiger partial charge in [0.1, 0.15) is 5.76 Å². The van der Waals surface area contributed by atoms with Crippen molar-refractivity contribution in [1.29, 1.82) is 0 Å². The zero-order valence-electron chi connectivity index (χ0n) is 19.4. The second-order valence-corrected chi connectivity index (χ2v) is 8.05. The first-order chi connectivity index (χ1) is 15.2. The summed E-state index contributed by atoms with van der Waals surface area (Å²) in [5.74, 6) is 1.80. The molecule has 1 saturated heterocycles. The first kappa shape index (κ1) is 23.3. The van der Waals surface area contributed by atoms with Crippen molar-refractivity contribution in [2.45, 2.75) is 46.2 Å². The predicted molar refractivity (Wildman–Crippen MR) is 126 cm³/mol. The number of guanidine groups is 1. The largest absolute Gasteiger partial charge is 0.361 e. The second kappa shape index (κ2) is 12.5. The van der Waals surface area contributed by atoms with Crippen molar-refractivity contribution in [2.75, 3.05) is 46.3 Å². The van der Waals surface area contributed by atoms with E-state index in [1.165, 1.54) is 11.1 Å². The van der Waals surface area contributed by atoms with Crippen LogP contribution in [0.25, 0.3) is 0 Å². The van der Waals surface area contributed by atoms with Gasteiger partial charge in [0, 0.05) is 64.8 Å². The topological polar surface area (TPSA) is 68.9 Å². The highest BCUT2D eigenvalue weighted by Crippen LogP contribution is 2.15. The van der Waals surface area contributed by atoms with E-state index in [9.17, 15) is 0 Å². The molecule has 0 bridgehead atoms. The normalized spacial score (nSPS) is 15.9. The van der Waals surface area contributed by atoms with Gasteiger partial charge in [-0.25, -0.2) is 0 Å². The van der Waals surface area contributed by atoms with Gasteiger partial charge in [0.15, 0.2) is 5.96 Å².